The molecule has 3 amide bonds. The number of sulfonamides is 1. The van der Waals surface area contributed by atoms with E-state index in [0.29, 0.717) is 6.07 Å². The first kappa shape index (κ1) is 23.8. The summed E-state index contributed by atoms with van der Waals surface area (Å²) in [6.45, 7) is -0.622. The number of hydrogen-bond donors (Lipinski definition) is 4. The summed E-state index contributed by atoms with van der Waals surface area (Å²) in [5, 5.41) is 3.71. The zero-order chi connectivity index (χ0) is 24.0. The third kappa shape index (κ3) is 6.11. The Hall–Kier alpha value is -3.84. The number of carbonyl (C=O) groups is 3. The summed E-state index contributed by atoms with van der Waals surface area (Å²) in [7, 11) is -3.91. The van der Waals surface area contributed by atoms with Crippen LogP contribution in [0.2, 0.25) is 0 Å². The van der Waals surface area contributed by atoms with Crippen molar-refractivity contribution in [1.29, 1.82) is 0 Å². The molecule has 0 aliphatic carbocycles. The molecule has 4 N–H and O–H groups in total. The lowest BCUT2D eigenvalue weighted by molar-refractivity contribution is -0.120. The molecule has 0 aliphatic heterocycles. The van der Waals surface area contributed by atoms with E-state index >= 15 is 0 Å². The average molecular weight is 495 g/mol. The molecule has 2 aromatic carbocycles. The average Bonchev–Trinajstić information content (AvgIpc) is 3.32. The molecule has 33 heavy (non-hydrogen) atoms. The van der Waals surface area contributed by atoms with Gasteiger partial charge in [0.05, 0.1) is 23.4 Å². The number of hydrazine groups is 1. The van der Waals surface area contributed by atoms with Gasteiger partial charge in [0.1, 0.15) is 15.8 Å². The molecule has 0 spiro atoms. The van der Waals surface area contributed by atoms with Gasteiger partial charge < -0.3 is 5.32 Å². The number of benzene rings is 2. The molecule has 3 rings (SSSR count). The summed E-state index contributed by atoms with van der Waals surface area (Å²) < 4.78 is 53.7. The largest absolute Gasteiger partial charge is 0.343 e. The highest BCUT2D eigenvalue weighted by Crippen LogP contribution is 2.22. The third-order valence-corrected chi connectivity index (χ3v) is 6.84. The maximum absolute atomic E-state index is 13.6. The first-order valence-corrected chi connectivity index (χ1v) is 11.5. The molecule has 1 aromatic heterocycles. The molecule has 0 saturated heterocycles. The van der Waals surface area contributed by atoms with E-state index in [0.717, 1.165) is 23.5 Å². The van der Waals surface area contributed by atoms with Crippen molar-refractivity contribution in [2.75, 3.05) is 11.3 Å². The molecule has 172 valence electrons. The monoisotopic (exact) mass is 494 g/mol. The standard InChI is InChI=1S/C20H16F2N4O5S2/c21-12-7-8-13(15(22)10-12)19(28)23-11-17(27)24-25-20(29)14-4-1-2-5-16(14)26-33(30,31)18-6-3-9-32-18/h1-10,26H,11H2,(H,23,28)(H,24,27)(H,25,29). The van der Waals surface area contributed by atoms with E-state index in [1.54, 1.807) is 11.4 Å². The van der Waals surface area contributed by atoms with E-state index < -0.39 is 51.5 Å². The lowest BCUT2D eigenvalue weighted by Gasteiger charge is -2.13. The van der Waals surface area contributed by atoms with Crippen LogP contribution in [0, 0.1) is 11.6 Å². The highest BCUT2D eigenvalue weighted by Gasteiger charge is 2.20. The van der Waals surface area contributed by atoms with E-state index in [4.69, 9.17) is 0 Å². The van der Waals surface area contributed by atoms with Crippen LogP contribution in [-0.4, -0.2) is 32.7 Å². The van der Waals surface area contributed by atoms with Crippen LogP contribution in [-0.2, 0) is 14.8 Å². The number of halogens is 2. The van der Waals surface area contributed by atoms with Crippen molar-refractivity contribution in [3.8, 4) is 0 Å². The lowest BCUT2D eigenvalue weighted by Crippen LogP contribution is -2.46. The summed E-state index contributed by atoms with van der Waals surface area (Å²) in [5.74, 6) is -4.59. The second-order valence-electron chi connectivity index (χ2n) is 6.39. The predicted octanol–water partition coefficient (Wildman–Crippen LogP) is 2.02. The van der Waals surface area contributed by atoms with Crippen LogP contribution in [0.3, 0.4) is 0 Å². The minimum atomic E-state index is -3.91. The van der Waals surface area contributed by atoms with E-state index in [1.165, 1.54) is 30.3 Å². The van der Waals surface area contributed by atoms with Crippen molar-refractivity contribution in [2.45, 2.75) is 4.21 Å². The Morgan fingerprint density at radius 3 is 2.33 bits per heavy atom. The van der Waals surface area contributed by atoms with Crippen LogP contribution in [0.15, 0.2) is 64.2 Å². The summed E-state index contributed by atoms with van der Waals surface area (Å²) in [6, 6.07) is 11.0. The van der Waals surface area contributed by atoms with Gasteiger partial charge >= 0.3 is 0 Å². The van der Waals surface area contributed by atoms with Gasteiger partial charge in [-0.05, 0) is 35.7 Å². The SMILES string of the molecule is O=C(CNC(=O)c1ccc(F)cc1F)NNC(=O)c1ccccc1NS(=O)(=O)c1cccs1. The van der Waals surface area contributed by atoms with Crippen LogP contribution in [0.25, 0.3) is 0 Å². The van der Waals surface area contributed by atoms with Gasteiger partial charge in [0.25, 0.3) is 27.7 Å². The smallest absolute Gasteiger partial charge is 0.271 e. The van der Waals surface area contributed by atoms with Crippen molar-refractivity contribution >= 4 is 44.8 Å². The molecule has 0 radical (unpaired) electrons. The molecule has 0 unspecified atom stereocenters. The van der Waals surface area contributed by atoms with Gasteiger partial charge in [-0.25, -0.2) is 17.2 Å². The van der Waals surface area contributed by atoms with Crippen molar-refractivity contribution in [3.63, 3.8) is 0 Å². The summed E-state index contributed by atoms with van der Waals surface area (Å²) in [5.41, 5.74) is 3.60. The van der Waals surface area contributed by atoms with Crippen LogP contribution >= 0.6 is 11.3 Å². The van der Waals surface area contributed by atoms with Gasteiger partial charge in [0.2, 0.25) is 0 Å². The summed E-state index contributed by atoms with van der Waals surface area (Å²) >= 11 is 1.00. The number of rotatable bonds is 7. The molecular formula is C20H16F2N4O5S2. The maximum atomic E-state index is 13.6. The fourth-order valence-electron chi connectivity index (χ4n) is 2.55. The lowest BCUT2D eigenvalue weighted by atomic mass is 10.2. The van der Waals surface area contributed by atoms with E-state index in [1.807, 2.05) is 5.43 Å². The first-order valence-electron chi connectivity index (χ1n) is 9.15. The molecule has 0 atom stereocenters. The van der Waals surface area contributed by atoms with Crippen LogP contribution in [0.4, 0.5) is 14.5 Å². The summed E-state index contributed by atoms with van der Waals surface area (Å²) in [4.78, 5) is 36.3. The normalized spacial score (nSPS) is 10.8. The quantitative estimate of drug-likeness (QED) is 0.373. The van der Waals surface area contributed by atoms with E-state index in [9.17, 15) is 31.6 Å². The van der Waals surface area contributed by atoms with Gasteiger partial charge in [-0.3, -0.25) is 30.0 Å². The van der Waals surface area contributed by atoms with Gasteiger partial charge in [-0.1, -0.05) is 18.2 Å². The molecule has 1 heterocycles. The zero-order valence-corrected chi connectivity index (χ0v) is 18.2. The zero-order valence-electron chi connectivity index (χ0n) is 16.6. The predicted molar refractivity (Wildman–Crippen MR) is 116 cm³/mol. The Balaban J connectivity index is 1.57. The van der Waals surface area contributed by atoms with E-state index in [2.05, 4.69) is 15.5 Å². The minimum Gasteiger partial charge on any atom is -0.343 e. The number of anilines is 1. The van der Waals surface area contributed by atoms with Gasteiger partial charge in [-0.2, -0.15) is 0 Å². The Morgan fingerprint density at radius 1 is 0.879 bits per heavy atom. The molecule has 0 bridgehead atoms. The molecule has 0 fully saturated rings. The van der Waals surface area contributed by atoms with Crippen LogP contribution < -0.4 is 20.9 Å². The maximum Gasteiger partial charge on any atom is 0.271 e. The topological polar surface area (TPSA) is 133 Å². The number of nitrogens with one attached hydrogen (secondary N) is 4. The second-order valence-corrected chi connectivity index (χ2v) is 9.25. The molecule has 9 nitrogen and oxygen atoms in total. The Morgan fingerprint density at radius 2 is 1.64 bits per heavy atom. The van der Waals surface area contributed by atoms with Crippen LogP contribution in [0.1, 0.15) is 20.7 Å². The molecule has 13 heteroatoms. The van der Waals surface area contributed by atoms with Crippen LogP contribution in [0.5, 0.6) is 0 Å². The molecule has 0 saturated carbocycles. The fraction of sp³-hybridized carbons (Fsp3) is 0.0500. The Bertz CT molecular complexity index is 1300. The third-order valence-electron chi connectivity index (χ3n) is 4.08. The second kappa shape index (κ2) is 10.2. The van der Waals surface area contributed by atoms with Crippen molar-refractivity contribution in [1.82, 2.24) is 16.2 Å². The molecule has 0 aliphatic rings. The van der Waals surface area contributed by atoms with Gasteiger partial charge in [0.15, 0.2) is 0 Å². The van der Waals surface area contributed by atoms with Crippen molar-refractivity contribution in [2.24, 2.45) is 0 Å². The highest BCUT2D eigenvalue weighted by molar-refractivity contribution is 7.94. The number of amides is 3. The first-order chi connectivity index (χ1) is 15.7. The number of carbonyl (C=O) groups excluding carboxylic acids is 3. The van der Waals surface area contributed by atoms with E-state index in [-0.39, 0.29) is 15.5 Å². The molecular weight excluding hydrogens is 478 g/mol. The number of para-hydroxylation sites is 1. The number of thiophene rings is 1. The fourth-order valence-corrected chi connectivity index (χ4v) is 4.62. The Labute approximate surface area is 190 Å². The van der Waals surface area contributed by atoms with Gasteiger partial charge in [0, 0.05) is 6.07 Å². The highest BCUT2D eigenvalue weighted by atomic mass is 32.2. The molecule has 3 aromatic rings. The Kier molecular flexibility index (Phi) is 7.35. The van der Waals surface area contributed by atoms with Crippen molar-refractivity contribution in [3.05, 3.63) is 82.7 Å². The van der Waals surface area contributed by atoms with Crippen molar-refractivity contribution < 1.29 is 31.6 Å². The minimum absolute atomic E-state index is 0.0160. The van der Waals surface area contributed by atoms with Gasteiger partial charge in [-0.15, -0.1) is 11.3 Å². The summed E-state index contributed by atoms with van der Waals surface area (Å²) in [6.07, 6.45) is 0. The number of hydrogen-bond acceptors (Lipinski definition) is 6.